The summed E-state index contributed by atoms with van der Waals surface area (Å²) >= 11 is -4.35. The topological polar surface area (TPSA) is 65.3 Å². The Labute approximate surface area is 201 Å². The zero-order valence-electron chi connectivity index (χ0n) is 19.1. The van der Waals surface area contributed by atoms with Gasteiger partial charge in [-0.25, -0.2) is 0 Å². The van der Waals surface area contributed by atoms with Crippen molar-refractivity contribution in [1.82, 2.24) is 0 Å². The van der Waals surface area contributed by atoms with Gasteiger partial charge in [0.2, 0.25) is 0 Å². The summed E-state index contributed by atoms with van der Waals surface area (Å²) in [7, 11) is 0. The van der Waals surface area contributed by atoms with Gasteiger partial charge in [-0.15, -0.1) is 0 Å². The van der Waals surface area contributed by atoms with Crippen LogP contribution in [0.15, 0.2) is 72.9 Å². The Bertz CT molecular complexity index is 845. The quantitative estimate of drug-likeness (QED) is 0.180. The van der Waals surface area contributed by atoms with Crippen LogP contribution in [0, 0.1) is 0 Å². The molecule has 33 heavy (non-hydrogen) atoms. The Morgan fingerprint density at radius 3 is 1.45 bits per heavy atom. The summed E-state index contributed by atoms with van der Waals surface area (Å²) in [6.45, 7) is 2.24. The van der Waals surface area contributed by atoms with Gasteiger partial charge in [0, 0.05) is 0 Å². The summed E-state index contributed by atoms with van der Waals surface area (Å²) in [5.41, 5.74) is 0. The maximum atomic E-state index is 6.89. The molecule has 6 unspecified atom stereocenters. The van der Waals surface area contributed by atoms with Crippen LogP contribution in [0.25, 0.3) is 0 Å². The minimum absolute atomic E-state index is 0.0965. The van der Waals surface area contributed by atoms with E-state index in [1.165, 1.54) is 25.7 Å². The molecular formula is C26H32O6Sn. The van der Waals surface area contributed by atoms with E-state index in [0.717, 1.165) is 17.3 Å². The van der Waals surface area contributed by atoms with Gasteiger partial charge in [0.15, 0.2) is 0 Å². The zero-order chi connectivity index (χ0) is 22.4. The van der Waals surface area contributed by atoms with Crippen molar-refractivity contribution >= 4 is 19.6 Å². The minimum atomic E-state index is -4.35. The molecule has 0 N–H and O–H groups in total. The zero-order valence-corrected chi connectivity index (χ0v) is 21.9. The number of hydrogen-bond acceptors (Lipinski definition) is 6. The average Bonchev–Trinajstić information content (AvgIpc) is 3.72. The van der Waals surface area contributed by atoms with Crippen LogP contribution in [0.4, 0.5) is 0 Å². The monoisotopic (exact) mass is 560 g/mol. The number of hydrogen-bond donors (Lipinski definition) is 0. The third kappa shape index (κ3) is 4.40. The van der Waals surface area contributed by atoms with Gasteiger partial charge in [0.05, 0.1) is 0 Å². The molecule has 7 heteroatoms. The van der Waals surface area contributed by atoms with Crippen molar-refractivity contribution < 1.29 is 23.4 Å². The van der Waals surface area contributed by atoms with Crippen molar-refractivity contribution in [2.75, 3.05) is 0 Å². The second-order valence-electron chi connectivity index (χ2n) is 9.52. The number of epoxide rings is 3. The first-order valence-electron chi connectivity index (χ1n) is 12.3. The van der Waals surface area contributed by atoms with Gasteiger partial charge < -0.3 is 0 Å². The summed E-state index contributed by atoms with van der Waals surface area (Å²) in [5.74, 6) is -2.38. The van der Waals surface area contributed by atoms with E-state index >= 15 is 0 Å². The fraction of sp³-hybridized carbons (Fsp3) is 0.538. The molecule has 3 aliphatic carbocycles. The first-order valence-corrected chi connectivity index (χ1v) is 17.9. The fourth-order valence-electron chi connectivity index (χ4n) is 4.90. The van der Waals surface area contributed by atoms with Crippen molar-refractivity contribution in [3.05, 3.63) is 72.9 Å². The van der Waals surface area contributed by atoms with Crippen molar-refractivity contribution in [1.29, 1.82) is 0 Å². The van der Waals surface area contributed by atoms with Gasteiger partial charge in [-0.1, -0.05) is 0 Å². The molecule has 0 aromatic heterocycles. The number of rotatable bonds is 13. The van der Waals surface area contributed by atoms with Crippen molar-refractivity contribution in [2.45, 2.75) is 85.6 Å². The van der Waals surface area contributed by atoms with E-state index in [1.54, 1.807) is 0 Å². The Morgan fingerprint density at radius 2 is 1.03 bits per heavy atom. The van der Waals surface area contributed by atoms with E-state index < -0.39 is 37.0 Å². The molecule has 0 saturated carbocycles. The normalized spacial score (nSPS) is 41.9. The molecule has 0 bridgehead atoms. The van der Waals surface area contributed by atoms with Gasteiger partial charge in [-0.3, -0.25) is 0 Å². The SMILES string of the molecule is CCCCCCC[CH2][Sn]([O]C12C=CC=CC1O2)([O]C12C=CC=CC1O2)[O]C12C=CC=CC1O2. The number of unbranched alkanes of at least 4 members (excludes halogenated alkanes) is 5. The first kappa shape index (κ1) is 22.5. The molecule has 3 saturated heterocycles. The van der Waals surface area contributed by atoms with Crippen molar-refractivity contribution in [3.63, 3.8) is 0 Å². The van der Waals surface area contributed by atoms with Crippen LogP contribution in [-0.2, 0) is 23.4 Å². The van der Waals surface area contributed by atoms with Gasteiger partial charge in [0.25, 0.3) is 0 Å². The van der Waals surface area contributed by atoms with Crippen molar-refractivity contribution in [3.8, 4) is 0 Å². The van der Waals surface area contributed by atoms with Crippen LogP contribution in [0.3, 0.4) is 0 Å². The Morgan fingerprint density at radius 1 is 0.606 bits per heavy atom. The van der Waals surface area contributed by atoms with Gasteiger partial charge in [-0.2, -0.15) is 0 Å². The van der Waals surface area contributed by atoms with E-state index in [-0.39, 0.29) is 18.3 Å². The van der Waals surface area contributed by atoms with Crippen LogP contribution < -0.4 is 0 Å². The summed E-state index contributed by atoms with van der Waals surface area (Å²) < 4.78 is 39.4. The van der Waals surface area contributed by atoms with E-state index in [9.17, 15) is 0 Å². The van der Waals surface area contributed by atoms with Crippen LogP contribution >= 0.6 is 0 Å². The van der Waals surface area contributed by atoms with Gasteiger partial charge in [0.1, 0.15) is 0 Å². The summed E-state index contributed by atoms with van der Waals surface area (Å²) in [6.07, 6.45) is 30.7. The van der Waals surface area contributed by atoms with Gasteiger partial charge >= 0.3 is 202 Å². The Balaban J connectivity index is 1.26. The van der Waals surface area contributed by atoms with E-state index in [4.69, 9.17) is 23.4 Å². The molecule has 6 nitrogen and oxygen atoms in total. The van der Waals surface area contributed by atoms with E-state index in [0.29, 0.717) is 0 Å². The van der Waals surface area contributed by atoms with Crippen LogP contribution in [0.2, 0.25) is 4.44 Å². The fourth-order valence-corrected chi connectivity index (χ4v) is 14.2. The molecule has 0 spiro atoms. The summed E-state index contributed by atoms with van der Waals surface area (Å²) in [4.78, 5) is 0. The van der Waals surface area contributed by atoms with Crippen LogP contribution in [0.1, 0.15) is 45.4 Å². The van der Waals surface area contributed by atoms with E-state index in [2.05, 4.69) is 6.92 Å². The third-order valence-electron chi connectivity index (χ3n) is 6.91. The predicted octanol–water partition coefficient (Wildman–Crippen LogP) is 5.00. The molecule has 0 aromatic carbocycles. The molecule has 0 radical (unpaired) electrons. The van der Waals surface area contributed by atoms with Crippen molar-refractivity contribution in [2.24, 2.45) is 0 Å². The maximum absolute atomic E-state index is 6.89. The molecule has 3 heterocycles. The van der Waals surface area contributed by atoms with Gasteiger partial charge in [-0.05, 0) is 0 Å². The Kier molecular flexibility index (Phi) is 5.84. The first-order chi connectivity index (χ1) is 16.1. The molecule has 6 rings (SSSR count). The van der Waals surface area contributed by atoms with E-state index in [1.807, 2.05) is 72.9 Å². The standard InChI is InChI=1S/C8H17.3C6H5O2.Sn/c1-3-5-7-8-6-4-2;3*7-6-4-2-1-3-5(6)8-6;/h1,3-8H2,2H3;3*1-5H;/q;3*-1;+3. The molecule has 6 aliphatic rings. The summed E-state index contributed by atoms with van der Waals surface area (Å²) in [5, 5.41) is 0. The molecule has 3 aliphatic heterocycles. The average molecular weight is 559 g/mol. The molecule has 6 atom stereocenters. The second kappa shape index (κ2) is 8.59. The third-order valence-corrected chi connectivity index (χ3v) is 15.1. The predicted molar refractivity (Wildman–Crippen MR) is 125 cm³/mol. The number of ether oxygens (including phenoxy) is 3. The van der Waals surface area contributed by atoms with Crippen LogP contribution in [0.5, 0.6) is 0 Å². The molecule has 0 amide bonds. The summed E-state index contributed by atoms with van der Waals surface area (Å²) in [6, 6.07) is 0. The molecule has 176 valence electrons. The molecule has 3 fully saturated rings. The molecular weight excluding hydrogens is 527 g/mol. The Hall–Kier alpha value is -1.00. The number of allylic oxidation sites excluding steroid dienone is 6. The number of fused-ring (bicyclic) bond motifs is 3. The molecule has 0 aromatic rings. The second-order valence-corrected chi connectivity index (χ2v) is 16.6. The van der Waals surface area contributed by atoms with Crippen LogP contribution in [-0.4, -0.2) is 55.3 Å².